The number of nitrogens with one attached hydrogen (secondary N) is 1. The van der Waals surface area contributed by atoms with Gasteiger partial charge in [0.25, 0.3) is 0 Å². The standard InChI is InChI=1S/C15H19ClO4.C3H7N/c1-15(2,3)20-14(17)6-4-5-10-7-12-13(8-11(10)16)19-9-18-12;1-2-4-3-1/h7-8H,4-6,9H2,1-3H3;4H,1-3H2. The van der Waals surface area contributed by atoms with Crippen molar-refractivity contribution in [3.05, 3.63) is 22.7 Å². The fourth-order valence-corrected chi connectivity index (χ4v) is 2.39. The van der Waals surface area contributed by atoms with E-state index >= 15 is 0 Å². The number of carbonyl (C=O) groups excluding carboxylic acids is 1. The number of hydrogen-bond donors (Lipinski definition) is 1. The minimum absolute atomic E-state index is 0.186. The summed E-state index contributed by atoms with van der Waals surface area (Å²) in [6.45, 7) is 8.31. The van der Waals surface area contributed by atoms with Crippen molar-refractivity contribution in [1.82, 2.24) is 5.32 Å². The van der Waals surface area contributed by atoms with Crippen LogP contribution in [0.3, 0.4) is 0 Å². The van der Waals surface area contributed by atoms with Crippen LogP contribution >= 0.6 is 11.6 Å². The molecule has 24 heavy (non-hydrogen) atoms. The molecule has 0 aromatic heterocycles. The Kier molecular flexibility index (Phi) is 6.75. The lowest BCUT2D eigenvalue weighted by atomic mass is 10.1. The fourth-order valence-electron chi connectivity index (χ4n) is 2.14. The Hall–Kier alpha value is -1.46. The van der Waals surface area contributed by atoms with Crippen LogP contribution in [0.4, 0.5) is 0 Å². The molecule has 0 bridgehead atoms. The molecule has 1 aromatic rings. The number of ether oxygens (including phenoxy) is 3. The van der Waals surface area contributed by atoms with E-state index in [2.05, 4.69) is 5.32 Å². The van der Waals surface area contributed by atoms with Gasteiger partial charge in [0.2, 0.25) is 6.79 Å². The van der Waals surface area contributed by atoms with Crippen LogP contribution in [0.1, 0.15) is 45.6 Å². The van der Waals surface area contributed by atoms with Crippen molar-refractivity contribution >= 4 is 17.6 Å². The molecule has 0 unspecified atom stereocenters. The van der Waals surface area contributed by atoms with E-state index in [0.29, 0.717) is 35.8 Å². The second kappa shape index (κ2) is 8.58. The maximum Gasteiger partial charge on any atom is 0.306 e. The Morgan fingerprint density at radius 2 is 1.83 bits per heavy atom. The molecule has 0 spiro atoms. The van der Waals surface area contributed by atoms with Crippen molar-refractivity contribution in [2.24, 2.45) is 0 Å². The van der Waals surface area contributed by atoms with Gasteiger partial charge in [0.15, 0.2) is 11.5 Å². The summed E-state index contributed by atoms with van der Waals surface area (Å²) in [5.41, 5.74) is 0.521. The van der Waals surface area contributed by atoms with Crippen LogP contribution in [0.2, 0.25) is 5.02 Å². The highest BCUT2D eigenvalue weighted by molar-refractivity contribution is 6.31. The van der Waals surface area contributed by atoms with E-state index in [-0.39, 0.29) is 12.8 Å². The van der Waals surface area contributed by atoms with Gasteiger partial charge in [0.1, 0.15) is 5.60 Å². The number of esters is 1. The Labute approximate surface area is 148 Å². The van der Waals surface area contributed by atoms with Crippen LogP contribution in [0, 0.1) is 0 Å². The molecular formula is C18H26ClNO4. The third-order valence-electron chi connectivity index (χ3n) is 3.50. The van der Waals surface area contributed by atoms with Crippen molar-refractivity contribution in [3.8, 4) is 11.5 Å². The first-order valence-corrected chi connectivity index (χ1v) is 8.73. The molecule has 1 N–H and O–H groups in total. The van der Waals surface area contributed by atoms with E-state index in [9.17, 15) is 4.79 Å². The molecule has 0 amide bonds. The Morgan fingerprint density at radius 1 is 1.25 bits per heavy atom. The minimum atomic E-state index is -0.437. The Bertz CT molecular complexity index is 561. The molecule has 1 aromatic carbocycles. The smallest absolute Gasteiger partial charge is 0.306 e. The van der Waals surface area contributed by atoms with Gasteiger partial charge in [-0.25, -0.2) is 0 Å². The normalized spacial score (nSPS) is 15.2. The molecule has 1 saturated heterocycles. The number of carbonyl (C=O) groups is 1. The van der Waals surface area contributed by atoms with E-state index in [4.69, 9.17) is 25.8 Å². The molecule has 3 rings (SSSR count). The van der Waals surface area contributed by atoms with Crippen molar-refractivity contribution < 1.29 is 19.0 Å². The largest absolute Gasteiger partial charge is 0.460 e. The molecule has 0 radical (unpaired) electrons. The summed E-state index contributed by atoms with van der Waals surface area (Å²) < 4.78 is 15.8. The van der Waals surface area contributed by atoms with Crippen molar-refractivity contribution in [2.45, 2.75) is 52.1 Å². The third kappa shape index (κ3) is 6.21. The molecule has 0 aliphatic carbocycles. The number of rotatable bonds is 4. The van der Waals surface area contributed by atoms with Gasteiger partial charge >= 0.3 is 5.97 Å². The second-order valence-corrected chi connectivity index (χ2v) is 7.25. The summed E-state index contributed by atoms with van der Waals surface area (Å²) in [6.07, 6.45) is 3.16. The van der Waals surface area contributed by atoms with Gasteiger partial charge in [-0.05, 0) is 64.8 Å². The van der Waals surface area contributed by atoms with Crippen LogP contribution in [0.5, 0.6) is 11.5 Å². The highest BCUT2D eigenvalue weighted by Gasteiger charge is 2.18. The molecule has 2 aliphatic heterocycles. The lowest BCUT2D eigenvalue weighted by Crippen LogP contribution is -2.29. The predicted octanol–water partition coefficient (Wildman–Crippen LogP) is 3.71. The highest BCUT2D eigenvalue weighted by atomic mass is 35.5. The molecule has 2 aliphatic rings. The monoisotopic (exact) mass is 355 g/mol. The number of benzene rings is 1. The van der Waals surface area contributed by atoms with E-state index in [1.807, 2.05) is 26.8 Å². The lowest BCUT2D eigenvalue weighted by Gasteiger charge is -2.19. The number of aryl methyl sites for hydroxylation is 1. The van der Waals surface area contributed by atoms with E-state index in [1.54, 1.807) is 6.07 Å². The summed E-state index contributed by atoms with van der Waals surface area (Å²) >= 11 is 6.18. The predicted molar refractivity (Wildman–Crippen MR) is 93.8 cm³/mol. The number of hydrogen-bond acceptors (Lipinski definition) is 5. The molecule has 5 nitrogen and oxygen atoms in total. The SMILES string of the molecule is C1CNC1.CC(C)(C)OC(=O)CCCc1cc2c(cc1Cl)OCO2. The zero-order valence-electron chi connectivity index (χ0n) is 14.6. The molecule has 0 atom stereocenters. The van der Waals surface area contributed by atoms with Gasteiger partial charge in [0.05, 0.1) is 0 Å². The van der Waals surface area contributed by atoms with Crippen molar-refractivity contribution in [1.29, 1.82) is 0 Å². The topological polar surface area (TPSA) is 56.8 Å². The number of halogens is 1. The summed E-state index contributed by atoms with van der Waals surface area (Å²) in [6, 6.07) is 3.63. The summed E-state index contributed by atoms with van der Waals surface area (Å²) in [5, 5.41) is 3.75. The van der Waals surface area contributed by atoms with Gasteiger partial charge in [0, 0.05) is 17.5 Å². The first-order chi connectivity index (χ1) is 11.3. The van der Waals surface area contributed by atoms with Gasteiger partial charge in [-0.3, -0.25) is 4.79 Å². The molecule has 134 valence electrons. The van der Waals surface area contributed by atoms with E-state index < -0.39 is 5.60 Å². The maximum absolute atomic E-state index is 11.6. The summed E-state index contributed by atoms with van der Waals surface area (Å²) in [5.74, 6) is 1.20. The zero-order valence-corrected chi connectivity index (χ0v) is 15.4. The fraction of sp³-hybridized carbons (Fsp3) is 0.611. The van der Waals surface area contributed by atoms with Crippen molar-refractivity contribution in [3.63, 3.8) is 0 Å². The van der Waals surface area contributed by atoms with Gasteiger partial charge in [-0.15, -0.1) is 0 Å². The number of fused-ring (bicyclic) bond motifs is 1. The van der Waals surface area contributed by atoms with Crippen LogP contribution in [-0.4, -0.2) is 31.5 Å². The van der Waals surface area contributed by atoms with E-state index in [0.717, 1.165) is 5.56 Å². The summed E-state index contributed by atoms with van der Waals surface area (Å²) in [7, 11) is 0. The van der Waals surface area contributed by atoms with Crippen molar-refractivity contribution in [2.75, 3.05) is 19.9 Å². The Balaban J connectivity index is 0.000000454. The van der Waals surface area contributed by atoms with Crippen LogP contribution in [0.25, 0.3) is 0 Å². The van der Waals surface area contributed by atoms with Gasteiger partial charge in [-0.1, -0.05) is 11.6 Å². The minimum Gasteiger partial charge on any atom is -0.460 e. The lowest BCUT2D eigenvalue weighted by molar-refractivity contribution is -0.154. The first-order valence-electron chi connectivity index (χ1n) is 8.36. The second-order valence-electron chi connectivity index (χ2n) is 6.84. The molecule has 0 saturated carbocycles. The quantitative estimate of drug-likeness (QED) is 0.834. The third-order valence-corrected chi connectivity index (χ3v) is 3.85. The Morgan fingerprint density at radius 3 is 2.38 bits per heavy atom. The zero-order chi connectivity index (χ0) is 17.6. The van der Waals surface area contributed by atoms with Gasteiger partial charge in [-0.2, -0.15) is 0 Å². The molecule has 1 fully saturated rings. The maximum atomic E-state index is 11.6. The van der Waals surface area contributed by atoms with Crippen LogP contribution in [0.15, 0.2) is 12.1 Å². The average molecular weight is 356 g/mol. The van der Waals surface area contributed by atoms with Crippen LogP contribution < -0.4 is 14.8 Å². The van der Waals surface area contributed by atoms with Gasteiger partial charge < -0.3 is 19.5 Å². The van der Waals surface area contributed by atoms with Crippen LogP contribution in [-0.2, 0) is 16.0 Å². The van der Waals surface area contributed by atoms with E-state index in [1.165, 1.54) is 19.5 Å². The molecular weight excluding hydrogens is 330 g/mol. The first kappa shape index (κ1) is 18.9. The molecule has 2 heterocycles. The summed E-state index contributed by atoms with van der Waals surface area (Å²) in [4.78, 5) is 11.6. The average Bonchev–Trinajstić information content (AvgIpc) is 2.81. The molecule has 6 heteroatoms. The highest BCUT2D eigenvalue weighted by Crippen LogP contribution is 2.37.